The van der Waals surface area contributed by atoms with Crippen LogP contribution in [0.4, 0.5) is 0 Å². The molecular formula is C32H29N3O4S2. The van der Waals surface area contributed by atoms with Crippen LogP contribution in [0.5, 0.6) is 5.75 Å². The number of carboxylic acids is 1. The Morgan fingerprint density at radius 3 is 2.37 bits per heavy atom. The second kappa shape index (κ2) is 13.4. The molecule has 2 heterocycles. The molecule has 0 aliphatic carbocycles. The van der Waals surface area contributed by atoms with Crippen LogP contribution in [0.3, 0.4) is 0 Å². The molecule has 3 aromatic carbocycles. The highest BCUT2D eigenvalue weighted by Crippen LogP contribution is 2.35. The third-order valence-corrected chi connectivity index (χ3v) is 7.95. The maximum absolute atomic E-state index is 13.3. The number of thioether (sulfide) groups is 1. The van der Waals surface area contributed by atoms with Crippen LogP contribution in [-0.4, -0.2) is 42.5 Å². The van der Waals surface area contributed by atoms with E-state index in [2.05, 4.69) is 0 Å². The molecule has 208 valence electrons. The third kappa shape index (κ3) is 7.31. The van der Waals surface area contributed by atoms with Crippen LogP contribution in [0.2, 0.25) is 0 Å². The van der Waals surface area contributed by atoms with E-state index in [9.17, 15) is 9.59 Å². The monoisotopic (exact) mass is 583 g/mol. The minimum absolute atomic E-state index is 0.132. The Morgan fingerprint density at radius 2 is 1.66 bits per heavy atom. The predicted molar refractivity (Wildman–Crippen MR) is 166 cm³/mol. The van der Waals surface area contributed by atoms with Gasteiger partial charge in [-0.05, 0) is 60.9 Å². The van der Waals surface area contributed by atoms with E-state index in [0.29, 0.717) is 35.2 Å². The summed E-state index contributed by atoms with van der Waals surface area (Å²) in [5, 5.41) is 13.7. The van der Waals surface area contributed by atoms with Crippen LogP contribution in [0.15, 0.2) is 96.0 Å². The number of aromatic nitrogens is 2. The van der Waals surface area contributed by atoms with E-state index in [1.165, 1.54) is 11.8 Å². The van der Waals surface area contributed by atoms with Crippen LogP contribution in [0.1, 0.15) is 36.8 Å². The summed E-state index contributed by atoms with van der Waals surface area (Å²) in [6, 6.07) is 27.6. The molecule has 4 aromatic rings. The van der Waals surface area contributed by atoms with Gasteiger partial charge < -0.3 is 9.84 Å². The summed E-state index contributed by atoms with van der Waals surface area (Å²) in [7, 11) is 0. The molecule has 1 aliphatic rings. The van der Waals surface area contributed by atoms with Gasteiger partial charge in [-0.25, -0.2) is 4.68 Å². The Kier molecular flexibility index (Phi) is 9.28. The molecule has 1 aliphatic heterocycles. The topological polar surface area (TPSA) is 84.7 Å². The Balaban J connectivity index is 1.36. The molecule has 0 atom stereocenters. The SMILES string of the molecule is O=C(O)CCCCCN1C(=O)/C(=C\c2cn(-c3ccccc3)nc2-c2ccc(OCc3ccccc3)cc2)SC1=S. The van der Waals surface area contributed by atoms with Gasteiger partial charge in [0.05, 0.1) is 16.3 Å². The lowest BCUT2D eigenvalue weighted by molar-refractivity contribution is -0.137. The number of hydrogen-bond acceptors (Lipinski definition) is 6. The summed E-state index contributed by atoms with van der Waals surface area (Å²) in [6.45, 7) is 0.956. The van der Waals surface area contributed by atoms with E-state index in [0.717, 1.165) is 40.2 Å². The Hall–Kier alpha value is -4.21. The van der Waals surface area contributed by atoms with Gasteiger partial charge in [-0.2, -0.15) is 5.10 Å². The molecule has 41 heavy (non-hydrogen) atoms. The van der Waals surface area contributed by atoms with Gasteiger partial charge in [0.15, 0.2) is 0 Å². The largest absolute Gasteiger partial charge is 0.489 e. The van der Waals surface area contributed by atoms with Crippen molar-refractivity contribution in [2.24, 2.45) is 0 Å². The Morgan fingerprint density at radius 1 is 0.951 bits per heavy atom. The Labute approximate surface area is 248 Å². The van der Waals surface area contributed by atoms with E-state index < -0.39 is 5.97 Å². The number of carbonyl (C=O) groups excluding carboxylic acids is 1. The number of carboxylic acid groups (broad SMARTS) is 1. The number of unbranched alkanes of at least 4 members (excludes halogenated alkanes) is 2. The van der Waals surface area contributed by atoms with Gasteiger partial charge in [0, 0.05) is 30.3 Å². The van der Waals surface area contributed by atoms with Crippen LogP contribution < -0.4 is 4.74 Å². The zero-order valence-electron chi connectivity index (χ0n) is 22.3. The number of hydrogen-bond donors (Lipinski definition) is 1. The molecule has 9 heteroatoms. The van der Waals surface area contributed by atoms with Crippen LogP contribution >= 0.6 is 24.0 Å². The van der Waals surface area contributed by atoms with Gasteiger partial charge in [0.25, 0.3) is 5.91 Å². The van der Waals surface area contributed by atoms with Gasteiger partial charge >= 0.3 is 5.97 Å². The molecule has 0 saturated carbocycles. The van der Waals surface area contributed by atoms with Crippen LogP contribution in [0, 0.1) is 0 Å². The third-order valence-electron chi connectivity index (χ3n) is 6.57. The van der Waals surface area contributed by atoms with Gasteiger partial charge in [-0.3, -0.25) is 14.5 Å². The predicted octanol–water partition coefficient (Wildman–Crippen LogP) is 6.96. The summed E-state index contributed by atoms with van der Waals surface area (Å²) >= 11 is 6.79. The maximum atomic E-state index is 13.3. The number of nitrogens with zero attached hydrogens (tertiary/aromatic N) is 3. The van der Waals surface area contributed by atoms with E-state index in [1.807, 2.05) is 102 Å². The Bertz CT molecular complexity index is 1550. The van der Waals surface area contributed by atoms with Gasteiger partial charge in [-0.1, -0.05) is 78.9 Å². The number of benzene rings is 3. The zero-order valence-corrected chi connectivity index (χ0v) is 23.9. The van der Waals surface area contributed by atoms with E-state index >= 15 is 0 Å². The fourth-order valence-corrected chi connectivity index (χ4v) is 5.74. The normalized spacial score (nSPS) is 14.1. The number of amides is 1. The fraction of sp³-hybridized carbons (Fsp3) is 0.188. The molecule has 1 aromatic heterocycles. The fourth-order valence-electron chi connectivity index (χ4n) is 4.44. The van der Waals surface area contributed by atoms with Crippen molar-refractivity contribution in [2.45, 2.75) is 32.3 Å². The summed E-state index contributed by atoms with van der Waals surface area (Å²) < 4.78 is 8.28. The second-order valence-electron chi connectivity index (χ2n) is 9.55. The van der Waals surface area contributed by atoms with Crippen molar-refractivity contribution in [3.05, 3.63) is 107 Å². The molecule has 1 N–H and O–H groups in total. The summed E-state index contributed by atoms with van der Waals surface area (Å²) in [4.78, 5) is 26.2. The zero-order chi connectivity index (χ0) is 28.6. The highest BCUT2D eigenvalue weighted by Gasteiger charge is 2.32. The lowest BCUT2D eigenvalue weighted by Gasteiger charge is -2.13. The lowest BCUT2D eigenvalue weighted by atomic mass is 10.1. The maximum Gasteiger partial charge on any atom is 0.303 e. The molecule has 0 radical (unpaired) electrons. The highest BCUT2D eigenvalue weighted by molar-refractivity contribution is 8.26. The lowest BCUT2D eigenvalue weighted by Crippen LogP contribution is -2.29. The van der Waals surface area contributed by atoms with Gasteiger partial charge in [-0.15, -0.1) is 0 Å². The van der Waals surface area contributed by atoms with Crippen molar-refractivity contribution in [1.82, 2.24) is 14.7 Å². The van der Waals surface area contributed by atoms with E-state index in [4.69, 9.17) is 27.2 Å². The first-order valence-electron chi connectivity index (χ1n) is 13.4. The number of thiocarbonyl (C=S) groups is 1. The number of rotatable bonds is 12. The minimum Gasteiger partial charge on any atom is -0.489 e. The molecule has 1 fully saturated rings. The number of aliphatic carboxylic acids is 1. The average Bonchev–Trinajstić information content (AvgIpc) is 3.53. The first-order chi connectivity index (χ1) is 20.0. The number of para-hydroxylation sites is 1. The molecule has 1 saturated heterocycles. The smallest absolute Gasteiger partial charge is 0.303 e. The van der Waals surface area contributed by atoms with E-state index in [-0.39, 0.29) is 12.3 Å². The summed E-state index contributed by atoms with van der Waals surface area (Å²) in [5.74, 6) is -0.188. The second-order valence-corrected chi connectivity index (χ2v) is 11.2. The van der Waals surface area contributed by atoms with Crippen molar-refractivity contribution < 1.29 is 19.4 Å². The van der Waals surface area contributed by atoms with Gasteiger partial charge in [0.2, 0.25) is 0 Å². The molecule has 5 rings (SSSR count). The minimum atomic E-state index is -0.806. The number of carbonyl (C=O) groups is 2. The quantitative estimate of drug-likeness (QED) is 0.110. The van der Waals surface area contributed by atoms with Crippen LogP contribution in [0.25, 0.3) is 23.0 Å². The first-order valence-corrected chi connectivity index (χ1v) is 14.6. The summed E-state index contributed by atoms with van der Waals surface area (Å²) in [5.41, 5.74) is 4.44. The van der Waals surface area contributed by atoms with Crippen molar-refractivity contribution in [3.8, 4) is 22.7 Å². The van der Waals surface area contributed by atoms with E-state index in [1.54, 1.807) is 4.90 Å². The number of ether oxygens (including phenoxy) is 1. The molecule has 1 amide bonds. The summed E-state index contributed by atoms with van der Waals surface area (Å²) in [6.07, 6.45) is 5.91. The molecule has 7 nitrogen and oxygen atoms in total. The van der Waals surface area contributed by atoms with Crippen molar-refractivity contribution in [2.75, 3.05) is 6.54 Å². The van der Waals surface area contributed by atoms with Crippen molar-refractivity contribution in [1.29, 1.82) is 0 Å². The first kappa shape index (κ1) is 28.3. The highest BCUT2D eigenvalue weighted by atomic mass is 32.2. The molecule has 0 bridgehead atoms. The average molecular weight is 584 g/mol. The van der Waals surface area contributed by atoms with Crippen molar-refractivity contribution >= 4 is 46.3 Å². The molecular weight excluding hydrogens is 555 g/mol. The molecule has 0 spiro atoms. The standard InChI is InChI=1S/C32H29N3O4S2/c36-29(37)14-8-3-9-19-34-31(38)28(41-32(34)40)20-25-21-35(26-12-6-2-7-13-26)33-30(25)24-15-17-27(18-16-24)39-22-23-10-4-1-5-11-23/h1-2,4-7,10-13,15-18,20-21H,3,8-9,14,19,22H2,(H,36,37)/b28-20+. The van der Waals surface area contributed by atoms with Gasteiger partial charge in [0.1, 0.15) is 16.7 Å². The molecule has 0 unspecified atom stereocenters. The van der Waals surface area contributed by atoms with Crippen LogP contribution in [-0.2, 0) is 16.2 Å². The van der Waals surface area contributed by atoms with Crippen molar-refractivity contribution in [3.63, 3.8) is 0 Å².